The van der Waals surface area contributed by atoms with Crippen molar-refractivity contribution in [3.63, 3.8) is 0 Å². The van der Waals surface area contributed by atoms with Crippen molar-refractivity contribution in [3.05, 3.63) is 23.8 Å². The van der Waals surface area contributed by atoms with E-state index in [-0.39, 0.29) is 0 Å². The summed E-state index contributed by atoms with van der Waals surface area (Å²) in [7, 11) is 0. The third-order valence-electron chi connectivity index (χ3n) is 5.01. The highest BCUT2D eigenvalue weighted by Crippen LogP contribution is 2.42. The molecule has 0 amide bonds. The number of rotatable bonds is 4. The fourth-order valence-corrected chi connectivity index (χ4v) is 3.73. The van der Waals surface area contributed by atoms with Gasteiger partial charge in [0, 0.05) is 30.3 Å². The van der Waals surface area contributed by atoms with Crippen molar-refractivity contribution in [2.45, 2.75) is 50.2 Å². The Kier molecular flexibility index (Phi) is 3.51. The van der Waals surface area contributed by atoms with Crippen LogP contribution in [0.15, 0.2) is 18.2 Å². The molecule has 21 heavy (non-hydrogen) atoms. The Morgan fingerprint density at radius 3 is 2.90 bits per heavy atom. The average Bonchev–Trinajstić information content (AvgIpc) is 3.26. The van der Waals surface area contributed by atoms with Crippen molar-refractivity contribution in [3.8, 4) is 11.5 Å². The fraction of sp³-hybridized carbons (Fsp3) is 0.647. The lowest BCUT2D eigenvalue weighted by Crippen LogP contribution is -2.46. The second kappa shape index (κ2) is 5.50. The van der Waals surface area contributed by atoms with E-state index in [1.165, 1.54) is 37.7 Å². The van der Waals surface area contributed by atoms with E-state index in [1.54, 1.807) is 12.1 Å². The Labute approximate surface area is 126 Å². The number of hydrogen-bond donors (Lipinski definition) is 2. The van der Waals surface area contributed by atoms with Crippen LogP contribution in [0, 0.1) is 0 Å². The minimum Gasteiger partial charge on any atom is -0.508 e. The van der Waals surface area contributed by atoms with Gasteiger partial charge in [-0.25, -0.2) is 0 Å². The molecule has 3 aliphatic rings. The number of nitrogens with one attached hydrogen (secondary N) is 1. The van der Waals surface area contributed by atoms with E-state index in [0.29, 0.717) is 17.8 Å². The third-order valence-corrected chi connectivity index (χ3v) is 5.01. The van der Waals surface area contributed by atoms with Crippen molar-refractivity contribution in [1.29, 1.82) is 0 Å². The van der Waals surface area contributed by atoms with Gasteiger partial charge in [-0.2, -0.15) is 0 Å². The molecule has 4 heteroatoms. The van der Waals surface area contributed by atoms with Crippen LogP contribution in [-0.4, -0.2) is 41.8 Å². The fourth-order valence-electron chi connectivity index (χ4n) is 3.73. The number of phenols is 1. The van der Waals surface area contributed by atoms with Gasteiger partial charge in [-0.15, -0.1) is 0 Å². The molecule has 4 nitrogen and oxygen atoms in total. The van der Waals surface area contributed by atoms with Crippen LogP contribution in [-0.2, 0) is 0 Å². The molecule has 2 unspecified atom stereocenters. The predicted octanol–water partition coefficient (Wildman–Crippen LogP) is 2.43. The normalized spacial score (nSPS) is 28.4. The number of ether oxygens (including phenoxy) is 1. The Hall–Kier alpha value is -1.26. The second-order valence-corrected chi connectivity index (χ2v) is 6.62. The molecule has 0 bridgehead atoms. The summed E-state index contributed by atoms with van der Waals surface area (Å²) in [6, 6.07) is 7.27. The number of fused-ring (bicyclic) bond motifs is 1. The van der Waals surface area contributed by atoms with E-state index >= 15 is 0 Å². The molecular weight excluding hydrogens is 264 g/mol. The molecule has 2 fully saturated rings. The quantitative estimate of drug-likeness (QED) is 0.893. The molecule has 2 atom stereocenters. The van der Waals surface area contributed by atoms with Gasteiger partial charge in [0.2, 0.25) is 0 Å². The van der Waals surface area contributed by atoms with Crippen LogP contribution < -0.4 is 10.1 Å². The second-order valence-electron chi connectivity index (χ2n) is 6.62. The molecule has 0 radical (unpaired) electrons. The Morgan fingerprint density at radius 2 is 2.14 bits per heavy atom. The molecule has 2 heterocycles. The SMILES string of the molecule is Oc1ccc2c(c1)OCC2N(CC1CCCCN1)C1CC1. The summed E-state index contributed by atoms with van der Waals surface area (Å²) in [4.78, 5) is 2.64. The molecule has 1 saturated carbocycles. The summed E-state index contributed by atoms with van der Waals surface area (Å²) in [6.45, 7) is 3.01. The van der Waals surface area contributed by atoms with Crippen LogP contribution in [0.25, 0.3) is 0 Å². The van der Waals surface area contributed by atoms with Crippen molar-refractivity contribution < 1.29 is 9.84 Å². The minimum absolute atomic E-state index is 0.293. The maximum atomic E-state index is 9.60. The van der Waals surface area contributed by atoms with E-state index in [2.05, 4.69) is 10.2 Å². The molecular formula is C17H24N2O2. The van der Waals surface area contributed by atoms with Crippen molar-refractivity contribution >= 4 is 0 Å². The molecule has 0 aromatic heterocycles. The zero-order chi connectivity index (χ0) is 14.2. The predicted molar refractivity (Wildman–Crippen MR) is 81.7 cm³/mol. The van der Waals surface area contributed by atoms with Crippen LogP contribution in [0.3, 0.4) is 0 Å². The first kappa shape index (κ1) is 13.4. The van der Waals surface area contributed by atoms with Gasteiger partial charge in [0.25, 0.3) is 0 Å². The molecule has 1 saturated heterocycles. The summed E-state index contributed by atoms with van der Waals surface area (Å²) in [5.74, 6) is 1.16. The lowest BCUT2D eigenvalue weighted by Gasteiger charge is -2.34. The van der Waals surface area contributed by atoms with Crippen molar-refractivity contribution in [2.24, 2.45) is 0 Å². The zero-order valence-electron chi connectivity index (χ0n) is 12.4. The number of hydrogen-bond acceptors (Lipinski definition) is 4. The molecule has 4 rings (SSSR count). The molecule has 2 aliphatic heterocycles. The van der Waals surface area contributed by atoms with Crippen LogP contribution >= 0.6 is 0 Å². The topological polar surface area (TPSA) is 44.7 Å². The Balaban J connectivity index is 1.52. The third kappa shape index (κ3) is 2.74. The van der Waals surface area contributed by atoms with Crippen molar-refractivity contribution in [1.82, 2.24) is 10.2 Å². The summed E-state index contributed by atoms with van der Waals surface area (Å²) in [6.07, 6.45) is 6.59. The van der Waals surface area contributed by atoms with Gasteiger partial charge < -0.3 is 15.2 Å². The molecule has 1 aliphatic carbocycles. The monoisotopic (exact) mass is 288 g/mol. The number of aromatic hydroxyl groups is 1. The standard InChI is InChI=1S/C17H24N2O2/c20-14-6-7-15-16(11-21-17(15)9-14)19(13-4-5-13)10-12-3-1-2-8-18-12/h6-7,9,12-13,16,18,20H,1-5,8,10-11H2. The Bertz CT molecular complexity index is 510. The van der Waals surface area contributed by atoms with E-state index in [1.807, 2.05) is 6.07 Å². The van der Waals surface area contributed by atoms with Gasteiger partial charge in [-0.3, -0.25) is 4.90 Å². The smallest absolute Gasteiger partial charge is 0.127 e. The number of phenolic OH excluding ortho intramolecular Hbond substituents is 1. The van der Waals surface area contributed by atoms with E-state index in [4.69, 9.17) is 4.74 Å². The molecule has 114 valence electrons. The largest absolute Gasteiger partial charge is 0.508 e. The highest BCUT2D eigenvalue weighted by atomic mass is 16.5. The highest BCUT2D eigenvalue weighted by molar-refractivity contribution is 5.44. The van der Waals surface area contributed by atoms with Crippen LogP contribution in [0.4, 0.5) is 0 Å². The number of piperidine rings is 1. The lowest BCUT2D eigenvalue weighted by atomic mass is 10.0. The first-order chi connectivity index (χ1) is 10.3. The number of benzene rings is 1. The molecule has 0 spiro atoms. The van der Waals surface area contributed by atoms with Gasteiger partial charge in [0.15, 0.2) is 0 Å². The summed E-state index contributed by atoms with van der Waals surface area (Å²) >= 11 is 0. The summed E-state index contributed by atoms with van der Waals surface area (Å²) in [5, 5.41) is 13.3. The van der Waals surface area contributed by atoms with Gasteiger partial charge >= 0.3 is 0 Å². The maximum Gasteiger partial charge on any atom is 0.127 e. The molecule has 1 aromatic carbocycles. The minimum atomic E-state index is 0.293. The lowest BCUT2D eigenvalue weighted by molar-refractivity contribution is 0.133. The summed E-state index contributed by atoms with van der Waals surface area (Å²) < 4.78 is 5.82. The first-order valence-corrected chi connectivity index (χ1v) is 8.26. The summed E-state index contributed by atoms with van der Waals surface area (Å²) in [5.41, 5.74) is 1.25. The van der Waals surface area contributed by atoms with E-state index in [0.717, 1.165) is 31.5 Å². The van der Waals surface area contributed by atoms with Crippen molar-refractivity contribution in [2.75, 3.05) is 19.7 Å². The van der Waals surface area contributed by atoms with Crippen LogP contribution in [0.2, 0.25) is 0 Å². The van der Waals surface area contributed by atoms with Gasteiger partial charge in [-0.05, 0) is 44.4 Å². The van der Waals surface area contributed by atoms with Gasteiger partial charge in [0.05, 0.1) is 6.04 Å². The first-order valence-electron chi connectivity index (χ1n) is 8.26. The van der Waals surface area contributed by atoms with Gasteiger partial charge in [-0.1, -0.05) is 6.42 Å². The van der Waals surface area contributed by atoms with E-state index < -0.39 is 0 Å². The Morgan fingerprint density at radius 1 is 1.24 bits per heavy atom. The number of nitrogens with zero attached hydrogens (tertiary/aromatic N) is 1. The zero-order valence-corrected chi connectivity index (χ0v) is 12.4. The maximum absolute atomic E-state index is 9.60. The van der Waals surface area contributed by atoms with Gasteiger partial charge in [0.1, 0.15) is 18.1 Å². The molecule has 2 N–H and O–H groups in total. The van der Waals surface area contributed by atoms with Crippen LogP contribution in [0.5, 0.6) is 11.5 Å². The van der Waals surface area contributed by atoms with E-state index in [9.17, 15) is 5.11 Å². The highest BCUT2D eigenvalue weighted by Gasteiger charge is 2.39. The molecule has 1 aromatic rings. The average molecular weight is 288 g/mol. The van der Waals surface area contributed by atoms with Crippen LogP contribution in [0.1, 0.15) is 43.7 Å².